The first kappa shape index (κ1) is 14.6. The van der Waals surface area contributed by atoms with E-state index in [0.717, 1.165) is 0 Å². The zero-order chi connectivity index (χ0) is 12.3. The highest BCUT2D eigenvalue weighted by Crippen LogP contribution is 2.26. The van der Waals surface area contributed by atoms with Gasteiger partial charge >= 0.3 is 26.0 Å². The van der Waals surface area contributed by atoms with E-state index in [4.69, 9.17) is 0 Å². The fraction of sp³-hybridized carbons (Fsp3) is 1.00. The topological polar surface area (TPSA) is 86.7 Å². The number of alkyl halides is 3. The van der Waals surface area contributed by atoms with Crippen molar-refractivity contribution in [3.8, 4) is 0 Å². The molecule has 0 atom stereocenters. The van der Waals surface area contributed by atoms with Gasteiger partial charge < -0.3 is 0 Å². The van der Waals surface area contributed by atoms with E-state index in [1.807, 2.05) is 0 Å². The van der Waals surface area contributed by atoms with Crippen LogP contribution in [0.1, 0.15) is 13.3 Å². The smallest absolute Gasteiger partial charge is 0.247 e. The molecule has 0 radical (unpaired) electrons. The molecule has 0 rings (SSSR count). The summed E-state index contributed by atoms with van der Waals surface area (Å²) in [4.78, 5) is 0. The van der Waals surface area contributed by atoms with Gasteiger partial charge in [-0.05, 0) is 6.42 Å². The molecule has 0 saturated carbocycles. The van der Waals surface area contributed by atoms with E-state index < -0.39 is 32.6 Å². The summed E-state index contributed by atoms with van der Waals surface area (Å²) in [6.45, 7) is 0.990. The second kappa shape index (κ2) is 4.63. The van der Waals surface area contributed by atoms with E-state index in [1.54, 1.807) is 0 Å². The van der Waals surface area contributed by atoms with Crippen LogP contribution in [0, 0.1) is 0 Å². The lowest BCUT2D eigenvalue weighted by Gasteiger charge is -2.07. The lowest BCUT2D eigenvalue weighted by atomic mass is 10.5. The van der Waals surface area contributed by atoms with Gasteiger partial charge in [-0.25, -0.2) is 4.18 Å². The summed E-state index contributed by atoms with van der Waals surface area (Å²) in [5, 5.41) is 0. The monoisotopic (exact) mass is 272 g/mol. The van der Waals surface area contributed by atoms with Gasteiger partial charge in [0.05, 0.1) is 6.61 Å². The third kappa shape index (κ3) is 4.77. The molecule has 15 heavy (non-hydrogen) atoms. The predicted molar refractivity (Wildman–Crippen MR) is 41.2 cm³/mol. The number of halogens is 3. The van der Waals surface area contributed by atoms with Gasteiger partial charge in [0.2, 0.25) is 0 Å². The minimum absolute atomic E-state index is 0.161. The summed E-state index contributed by atoms with van der Waals surface area (Å²) < 4.78 is 83.1. The lowest BCUT2D eigenvalue weighted by molar-refractivity contribution is -0.0503. The Hall–Kier alpha value is -0.390. The van der Waals surface area contributed by atoms with E-state index >= 15 is 0 Å². The molecule has 92 valence electrons. The molecule has 11 heteroatoms. The van der Waals surface area contributed by atoms with Crippen molar-refractivity contribution in [1.82, 2.24) is 0 Å². The minimum Gasteiger partial charge on any atom is -0.247 e. The van der Waals surface area contributed by atoms with E-state index in [9.17, 15) is 30.0 Å². The summed E-state index contributed by atoms with van der Waals surface area (Å²) in [5.41, 5.74) is -5.81. The van der Waals surface area contributed by atoms with E-state index in [0.29, 0.717) is 0 Å². The molecule has 0 aliphatic carbocycles. The van der Waals surface area contributed by atoms with Crippen LogP contribution in [0.25, 0.3) is 0 Å². The summed E-state index contributed by atoms with van der Waals surface area (Å²) in [7, 11) is -11.4. The molecule has 0 aromatic heterocycles. The third-order valence-electron chi connectivity index (χ3n) is 0.888. The molecule has 0 aromatic rings. The van der Waals surface area contributed by atoms with Crippen LogP contribution in [-0.2, 0) is 28.3 Å². The maximum absolute atomic E-state index is 11.7. The summed E-state index contributed by atoms with van der Waals surface area (Å²) in [6, 6.07) is 0. The summed E-state index contributed by atoms with van der Waals surface area (Å²) in [5.74, 6) is 0. The third-order valence-corrected chi connectivity index (χ3v) is 3.29. The van der Waals surface area contributed by atoms with Crippen LogP contribution in [0.3, 0.4) is 0 Å². The maximum Gasteiger partial charge on any atom is 0.524 e. The molecule has 0 saturated heterocycles. The van der Waals surface area contributed by atoms with Crippen LogP contribution < -0.4 is 0 Å². The lowest BCUT2D eigenvalue weighted by Crippen LogP contribution is -2.29. The highest BCUT2D eigenvalue weighted by atomic mass is 32.3. The zero-order valence-electron chi connectivity index (χ0n) is 7.31. The number of hydrogen-bond acceptors (Lipinski definition) is 6. The molecular formula is C4H7F3O6S2. The highest BCUT2D eigenvalue weighted by molar-refractivity contribution is 7.98. The van der Waals surface area contributed by atoms with Crippen LogP contribution in [0.2, 0.25) is 0 Å². The Labute approximate surface area is 84.4 Å². The van der Waals surface area contributed by atoms with Crippen molar-refractivity contribution >= 4 is 20.5 Å². The van der Waals surface area contributed by atoms with Gasteiger partial charge in [0.15, 0.2) is 0 Å². The Morgan fingerprint density at radius 3 is 1.93 bits per heavy atom. The first-order valence-corrected chi connectivity index (χ1v) is 6.18. The maximum atomic E-state index is 11.7. The standard InChI is InChI=1S/C4H7F3O6S2/c1-2-3-12-15(10,11)13-14(8,9)4(5,6)7/h2-3H2,1H3. The van der Waals surface area contributed by atoms with Crippen LogP contribution in [-0.4, -0.2) is 29.0 Å². The fourth-order valence-corrected chi connectivity index (χ4v) is 2.07. The molecule has 0 N–H and O–H groups in total. The molecular weight excluding hydrogens is 265 g/mol. The normalized spacial score (nSPS) is 14.1. The van der Waals surface area contributed by atoms with Gasteiger partial charge in [0.25, 0.3) is 0 Å². The predicted octanol–water partition coefficient (Wildman–Crippen LogP) is 0.524. The van der Waals surface area contributed by atoms with Gasteiger partial charge in [0.1, 0.15) is 0 Å². The molecule has 0 spiro atoms. The van der Waals surface area contributed by atoms with Crippen molar-refractivity contribution in [3.05, 3.63) is 0 Å². The van der Waals surface area contributed by atoms with Crippen LogP contribution in [0.5, 0.6) is 0 Å². The number of hydrogen-bond donors (Lipinski definition) is 0. The zero-order valence-corrected chi connectivity index (χ0v) is 8.95. The summed E-state index contributed by atoms with van der Waals surface area (Å²) >= 11 is 0. The minimum atomic E-state index is -6.20. The molecule has 0 aliphatic rings. The van der Waals surface area contributed by atoms with Crippen LogP contribution in [0.4, 0.5) is 13.2 Å². The Kier molecular flexibility index (Phi) is 4.51. The van der Waals surface area contributed by atoms with E-state index in [2.05, 4.69) is 7.81 Å². The molecule has 6 nitrogen and oxygen atoms in total. The Balaban J connectivity index is 4.76. The van der Waals surface area contributed by atoms with Gasteiger partial charge in [-0.2, -0.15) is 30.0 Å². The quantitative estimate of drug-likeness (QED) is 0.678. The van der Waals surface area contributed by atoms with Crippen molar-refractivity contribution in [3.63, 3.8) is 0 Å². The van der Waals surface area contributed by atoms with Crippen molar-refractivity contribution in [2.24, 2.45) is 0 Å². The van der Waals surface area contributed by atoms with Gasteiger partial charge in [-0.1, -0.05) is 6.92 Å². The fourth-order valence-electron chi connectivity index (χ4n) is 0.353. The summed E-state index contributed by atoms with van der Waals surface area (Å²) in [6.07, 6.45) is 0.161. The van der Waals surface area contributed by atoms with Crippen molar-refractivity contribution in [2.45, 2.75) is 18.9 Å². The van der Waals surface area contributed by atoms with Gasteiger partial charge in [-0.3, -0.25) is 0 Å². The molecule has 0 heterocycles. The van der Waals surface area contributed by atoms with Gasteiger partial charge in [0, 0.05) is 0 Å². The van der Waals surface area contributed by atoms with E-state index in [1.165, 1.54) is 6.92 Å². The second-order valence-electron chi connectivity index (χ2n) is 2.20. The highest BCUT2D eigenvalue weighted by Gasteiger charge is 2.50. The van der Waals surface area contributed by atoms with Crippen LogP contribution in [0.15, 0.2) is 0 Å². The molecule has 0 aliphatic heterocycles. The van der Waals surface area contributed by atoms with Crippen molar-refractivity contribution < 1.29 is 37.8 Å². The van der Waals surface area contributed by atoms with Crippen molar-refractivity contribution in [1.29, 1.82) is 0 Å². The van der Waals surface area contributed by atoms with Gasteiger partial charge in [-0.15, -0.1) is 3.63 Å². The first-order valence-electron chi connectivity index (χ1n) is 3.43. The molecule has 0 fully saturated rings. The van der Waals surface area contributed by atoms with E-state index in [-0.39, 0.29) is 6.42 Å². The van der Waals surface area contributed by atoms with Crippen molar-refractivity contribution in [2.75, 3.05) is 6.61 Å². The molecule has 0 aromatic carbocycles. The SMILES string of the molecule is CCCOS(=O)(=O)OS(=O)(=O)C(F)(F)F. The first-order chi connectivity index (χ1) is 6.52. The average Bonchev–Trinajstić information content (AvgIpc) is 1.96. The largest absolute Gasteiger partial charge is 0.524 e. The molecule has 0 bridgehead atoms. The number of rotatable bonds is 5. The molecule has 0 unspecified atom stereocenters. The molecule has 0 amide bonds. The Bertz CT molecular complexity index is 393. The Morgan fingerprint density at radius 2 is 1.60 bits per heavy atom. The second-order valence-corrected chi connectivity index (χ2v) is 5.17. The average molecular weight is 272 g/mol. The Morgan fingerprint density at radius 1 is 1.13 bits per heavy atom. The van der Waals surface area contributed by atoms with Crippen LogP contribution >= 0.6 is 0 Å².